The maximum atomic E-state index is 14.5. The first-order chi connectivity index (χ1) is 27.6. The molecule has 7 atom stereocenters. The Morgan fingerprint density at radius 1 is 0.879 bits per heavy atom. The molecule has 2 fully saturated rings. The molecule has 0 saturated carbocycles. The van der Waals surface area contributed by atoms with Crippen molar-refractivity contribution >= 4 is 41.6 Å². The van der Waals surface area contributed by atoms with Gasteiger partial charge in [0.15, 0.2) is 6.10 Å². The first-order valence-corrected chi connectivity index (χ1v) is 19.7. The van der Waals surface area contributed by atoms with Crippen LogP contribution in [0.3, 0.4) is 0 Å². The van der Waals surface area contributed by atoms with Gasteiger partial charge in [-0.05, 0) is 35.8 Å². The van der Waals surface area contributed by atoms with Crippen molar-refractivity contribution in [3.05, 3.63) is 59.7 Å². The molecule has 5 rings (SSSR count). The Morgan fingerprint density at radius 2 is 1.57 bits per heavy atom. The second kappa shape index (κ2) is 19.2. The number of esters is 1. The molecular formula is C40H54N8O10. The maximum absolute atomic E-state index is 14.5. The second-order valence-corrected chi connectivity index (χ2v) is 15.6. The highest BCUT2D eigenvalue weighted by Gasteiger charge is 2.50. The molecule has 3 aliphatic rings. The smallest absolute Gasteiger partial charge is 0.410 e. The van der Waals surface area contributed by atoms with E-state index in [-0.39, 0.29) is 31.6 Å². The lowest BCUT2D eigenvalue weighted by atomic mass is 9.98. The first kappa shape index (κ1) is 43.5. The van der Waals surface area contributed by atoms with Gasteiger partial charge in [0.1, 0.15) is 36.0 Å². The fraction of sp³-hybridized carbons (Fsp3) is 0.575. The Kier molecular flexibility index (Phi) is 14.4. The summed E-state index contributed by atoms with van der Waals surface area (Å²) in [5.74, 6) is -4.88. The average Bonchev–Trinajstić information content (AvgIpc) is 3.91. The zero-order chi connectivity index (χ0) is 42.3. The molecule has 3 aliphatic heterocycles. The molecule has 6 amide bonds. The molecular weight excluding hydrogens is 752 g/mol. The number of hydrogen-bond donors (Lipinski definition) is 4. The molecule has 314 valence electrons. The molecule has 0 radical (unpaired) electrons. The number of aromatic nitrogens is 2. The van der Waals surface area contributed by atoms with Crippen molar-refractivity contribution in [1.82, 2.24) is 40.6 Å². The molecule has 58 heavy (non-hydrogen) atoms. The summed E-state index contributed by atoms with van der Waals surface area (Å²) in [5.41, 5.74) is 2.13. The van der Waals surface area contributed by atoms with Crippen LogP contribution in [-0.2, 0) is 46.4 Å². The molecule has 0 aliphatic carbocycles. The van der Waals surface area contributed by atoms with Crippen LogP contribution in [0.15, 0.2) is 42.9 Å². The number of carbonyl (C=O) groups excluding carboxylic acids is 7. The number of ether oxygens (including phenoxy) is 2. The maximum Gasteiger partial charge on any atom is 0.410 e. The van der Waals surface area contributed by atoms with E-state index in [9.17, 15) is 38.7 Å². The Hall–Kier alpha value is -5.65. The van der Waals surface area contributed by atoms with Crippen molar-refractivity contribution in [3.63, 3.8) is 0 Å². The zero-order valence-electron chi connectivity index (χ0n) is 33.8. The number of amides is 6. The summed E-state index contributed by atoms with van der Waals surface area (Å²) >= 11 is 0. The summed E-state index contributed by atoms with van der Waals surface area (Å²) in [6, 6.07) is 2.41. The monoisotopic (exact) mass is 806 g/mol. The summed E-state index contributed by atoms with van der Waals surface area (Å²) in [5, 5.41) is 19.3. The number of hydrogen-bond acceptors (Lipinski definition) is 12. The number of rotatable bonds is 15. The van der Waals surface area contributed by atoms with Gasteiger partial charge in [0, 0.05) is 31.9 Å². The van der Waals surface area contributed by atoms with Crippen LogP contribution in [0.1, 0.15) is 75.5 Å². The third-order valence-corrected chi connectivity index (χ3v) is 10.7. The Labute approximate surface area is 337 Å². The molecule has 2 saturated heterocycles. The standard InChI is InChI=1S/C40H54N8O10/c1-7-10-27(33(49)38(54)48-21-30(48)39(55)57-6)43-35(51)29-17-26(58-40(56)46-16-13-24-11-8-9-12-25(24)19-46)20-47(29)37(53)32(23(4)5)45-36(52)31(22(2)3)44-34(50)28-18-41-14-15-42-28/h8-9,11-12,14-15,18,22-23,26-27,29-33,49H,7,10,13,16-17,19-21H2,1-6H3,(H,43,51)(H,44,50)(H,45,52)/t26-,27+,29+,30?,31+,32+,33?,48?/m1/s1. The third-order valence-electron chi connectivity index (χ3n) is 10.7. The van der Waals surface area contributed by atoms with Crippen LogP contribution in [0.25, 0.3) is 0 Å². The van der Waals surface area contributed by atoms with E-state index < -0.39 is 95.9 Å². The molecule has 0 bridgehead atoms. The number of benzene rings is 1. The molecule has 2 unspecified atom stereocenters. The van der Waals surface area contributed by atoms with Crippen LogP contribution in [0, 0.1) is 11.8 Å². The van der Waals surface area contributed by atoms with Gasteiger partial charge in [-0.3, -0.25) is 29.0 Å². The SMILES string of the molecule is CCC[C@H](NC(=O)[C@@H]1C[C@@H](OC(=O)N2CCc3ccccc3C2)CN1C(=O)[C@@H](NC(=O)[C@@H](NC(=O)c1cnccn1)C(C)C)C(C)C)C(O)C(=O)N1CC1C(=O)OC. The number of carbonyl (C=O) groups is 7. The predicted molar refractivity (Wildman–Crippen MR) is 206 cm³/mol. The molecule has 4 N–H and O–H groups in total. The lowest BCUT2D eigenvalue weighted by Crippen LogP contribution is -2.60. The minimum Gasteiger partial charge on any atom is -0.467 e. The number of aliphatic hydroxyl groups excluding tert-OH is 1. The molecule has 18 nitrogen and oxygen atoms in total. The highest BCUT2D eigenvalue weighted by atomic mass is 16.6. The van der Waals surface area contributed by atoms with Gasteiger partial charge < -0.3 is 45.2 Å². The van der Waals surface area contributed by atoms with Gasteiger partial charge >= 0.3 is 12.1 Å². The highest BCUT2D eigenvalue weighted by Crippen LogP contribution is 2.27. The van der Waals surface area contributed by atoms with E-state index in [0.29, 0.717) is 25.9 Å². The third kappa shape index (κ3) is 10.3. The quantitative estimate of drug-likeness (QED) is 0.143. The van der Waals surface area contributed by atoms with Gasteiger partial charge in [-0.25, -0.2) is 14.6 Å². The zero-order valence-corrected chi connectivity index (χ0v) is 33.8. The normalized spacial score (nSPS) is 20.6. The van der Waals surface area contributed by atoms with Crippen molar-refractivity contribution in [2.75, 3.05) is 26.7 Å². The van der Waals surface area contributed by atoms with E-state index in [2.05, 4.69) is 25.9 Å². The minimum atomic E-state index is -1.70. The van der Waals surface area contributed by atoms with Crippen molar-refractivity contribution in [3.8, 4) is 0 Å². The lowest BCUT2D eigenvalue weighted by Gasteiger charge is -2.33. The fourth-order valence-electron chi connectivity index (χ4n) is 7.31. The Morgan fingerprint density at radius 3 is 2.21 bits per heavy atom. The number of nitrogens with zero attached hydrogens (tertiary/aromatic N) is 5. The molecule has 18 heteroatoms. The Bertz CT molecular complexity index is 1840. The lowest BCUT2D eigenvalue weighted by molar-refractivity contribution is -0.146. The molecule has 1 aromatic heterocycles. The molecule has 2 aromatic rings. The van der Waals surface area contributed by atoms with E-state index in [1.54, 1.807) is 39.5 Å². The number of likely N-dealkylation sites (tertiary alicyclic amines) is 1. The topological polar surface area (TPSA) is 230 Å². The summed E-state index contributed by atoms with van der Waals surface area (Å²) < 4.78 is 10.6. The summed E-state index contributed by atoms with van der Waals surface area (Å²) in [6.07, 6.45) is 1.98. The second-order valence-electron chi connectivity index (χ2n) is 15.6. The van der Waals surface area contributed by atoms with E-state index in [0.717, 1.165) is 16.0 Å². The largest absolute Gasteiger partial charge is 0.467 e. The van der Waals surface area contributed by atoms with Crippen molar-refractivity contribution in [2.24, 2.45) is 11.8 Å². The highest BCUT2D eigenvalue weighted by molar-refractivity contribution is 5.98. The van der Waals surface area contributed by atoms with Gasteiger partial charge in [-0.1, -0.05) is 65.3 Å². The van der Waals surface area contributed by atoms with E-state index in [1.165, 1.54) is 30.6 Å². The van der Waals surface area contributed by atoms with Gasteiger partial charge in [0.2, 0.25) is 17.7 Å². The van der Waals surface area contributed by atoms with E-state index in [4.69, 9.17) is 9.47 Å². The van der Waals surface area contributed by atoms with E-state index >= 15 is 0 Å². The number of methoxy groups -OCH3 is 1. The summed E-state index contributed by atoms with van der Waals surface area (Å²) in [7, 11) is 1.20. The molecule has 1 aromatic carbocycles. The van der Waals surface area contributed by atoms with Crippen LogP contribution in [0.2, 0.25) is 0 Å². The van der Waals surface area contributed by atoms with Crippen LogP contribution < -0.4 is 16.0 Å². The van der Waals surface area contributed by atoms with Crippen LogP contribution in [-0.4, -0.2) is 141 Å². The molecule has 0 spiro atoms. The van der Waals surface area contributed by atoms with Gasteiger partial charge in [0.05, 0.1) is 32.4 Å². The Balaban J connectivity index is 1.35. The number of aliphatic hydroxyl groups is 1. The van der Waals surface area contributed by atoms with Crippen molar-refractivity contribution in [1.29, 1.82) is 0 Å². The van der Waals surface area contributed by atoms with Gasteiger partial charge in [-0.2, -0.15) is 0 Å². The number of fused-ring (bicyclic) bond motifs is 1. The van der Waals surface area contributed by atoms with Gasteiger partial charge in [-0.15, -0.1) is 0 Å². The average molecular weight is 807 g/mol. The molecule has 4 heterocycles. The fourth-order valence-corrected chi connectivity index (χ4v) is 7.31. The van der Waals surface area contributed by atoms with Crippen LogP contribution >= 0.6 is 0 Å². The minimum absolute atomic E-state index is 0.00325. The van der Waals surface area contributed by atoms with E-state index in [1.807, 2.05) is 24.3 Å². The number of nitrogens with one attached hydrogen (secondary N) is 3. The summed E-state index contributed by atoms with van der Waals surface area (Å²) in [6.45, 7) is 9.34. The van der Waals surface area contributed by atoms with Crippen LogP contribution in [0.5, 0.6) is 0 Å². The summed E-state index contributed by atoms with van der Waals surface area (Å²) in [4.78, 5) is 106. The predicted octanol–water partition coefficient (Wildman–Crippen LogP) is 0.566. The van der Waals surface area contributed by atoms with Crippen molar-refractivity contribution in [2.45, 2.75) is 109 Å². The van der Waals surface area contributed by atoms with Crippen molar-refractivity contribution < 1.29 is 48.1 Å². The van der Waals surface area contributed by atoms with Crippen LogP contribution in [0.4, 0.5) is 4.79 Å². The van der Waals surface area contributed by atoms with Gasteiger partial charge in [0.25, 0.3) is 11.8 Å². The first-order valence-electron chi connectivity index (χ1n) is 19.7.